The van der Waals surface area contributed by atoms with Crippen LogP contribution in [0.4, 0.5) is 0 Å². The van der Waals surface area contributed by atoms with Gasteiger partial charge in [-0.25, -0.2) is 0 Å². The highest BCUT2D eigenvalue weighted by atomic mass is 32.1. The first-order valence-electron chi connectivity index (χ1n) is 5.91. The van der Waals surface area contributed by atoms with Gasteiger partial charge in [0.15, 0.2) is 0 Å². The second kappa shape index (κ2) is 6.01. The molecule has 0 bridgehead atoms. The van der Waals surface area contributed by atoms with Crippen molar-refractivity contribution in [1.29, 1.82) is 0 Å². The van der Waals surface area contributed by atoms with Gasteiger partial charge in [-0.15, -0.1) is 0 Å². The lowest BCUT2D eigenvalue weighted by Crippen LogP contribution is -2.30. The van der Waals surface area contributed by atoms with Crippen molar-refractivity contribution in [2.75, 3.05) is 6.61 Å². The van der Waals surface area contributed by atoms with Gasteiger partial charge in [0.25, 0.3) is 0 Å². The maximum Gasteiger partial charge on any atom is 0.119 e. The van der Waals surface area contributed by atoms with Crippen LogP contribution in [0.5, 0.6) is 5.75 Å². The first-order chi connectivity index (χ1) is 7.92. The molecule has 0 aliphatic heterocycles. The Balaban J connectivity index is 2.32. The van der Waals surface area contributed by atoms with E-state index >= 15 is 0 Å². The smallest absolute Gasteiger partial charge is 0.119 e. The van der Waals surface area contributed by atoms with Gasteiger partial charge in [-0.1, -0.05) is 38.2 Å². The highest BCUT2D eigenvalue weighted by Gasteiger charge is 2.20. The molecule has 0 aliphatic rings. The molecule has 0 fully saturated rings. The molecule has 1 rings (SSSR count). The Morgan fingerprint density at radius 2 is 2.12 bits per heavy atom. The predicted octanol–water partition coefficient (Wildman–Crippen LogP) is 3.47. The van der Waals surface area contributed by atoms with Gasteiger partial charge in [-0.05, 0) is 37.5 Å². The van der Waals surface area contributed by atoms with E-state index in [1.54, 1.807) is 0 Å². The number of hydrogen-bond acceptors (Lipinski definition) is 2. The topological polar surface area (TPSA) is 35.2 Å². The lowest BCUT2D eigenvalue weighted by atomic mass is 9.88. The second-order valence-corrected chi connectivity index (χ2v) is 5.46. The van der Waals surface area contributed by atoms with Crippen molar-refractivity contribution in [3.8, 4) is 5.75 Å². The lowest BCUT2D eigenvalue weighted by Gasteiger charge is -2.22. The summed E-state index contributed by atoms with van der Waals surface area (Å²) in [4.78, 5) is 0.577. The Bertz CT molecular complexity index is 388. The van der Waals surface area contributed by atoms with E-state index < -0.39 is 0 Å². The molecule has 0 heterocycles. The summed E-state index contributed by atoms with van der Waals surface area (Å²) in [7, 11) is 0. The van der Waals surface area contributed by atoms with Gasteiger partial charge >= 0.3 is 0 Å². The quantitative estimate of drug-likeness (QED) is 0.621. The zero-order valence-electron chi connectivity index (χ0n) is 10.8. The maximum absolute atomic E-state index is 5.68. The third kappa shape index (κ3) is 4.73. The van der Waals surface area contributed by atoms with Gasteiger partial charge in [0, 0.05) is 5.41 Å². The fraction of sp³-hybridized carbons (Fsp3) is 0.500. The number of rotatable bonds is 6. The first-order valence-corrected chi connectivity index (χ1v) is 6.32. The Hall–Kier alpha value is -1.09. The van der Waals surface area contributed by atoms with E-state index in [9.17, 15) is 0 Å². The van der Waals surface area contributed by atoms with Crippen molar-refractivity contribution >= 4 is 17.2 Å². The van der Waals surface area contributed by atoms with Crippen LogP contribution in [-0.4, -0.2) is 11.6 Å². The largest absolute Gasteiger partial charge is 0.494 e. The normalized spacial score (nSPS) is 11.2. The molecule has 0 saturated carbocycles. The number of aryl methyl sites for hydroxylation is 1. The molecule has 0 saturated heterocycles. The van der Waals surface area contributed by atoms with Crippen LogP contribution in [0.2, 0.25) is 0 Å². The molecule has 0 amide bonds. The van der Waals surface area contributed by atoms with E-state index in [0.29, 0.717) is 11.6 Å². The highest BCUT2D eigenvalue weighted by Crippen LogP contribution is 2.22. The van der Waals surface area contributed by atoms with Gasteiger partial charge < -0.3 is 10.5 Å². The van der Waals surface area contributed by atoms with E-state index in [-0.39, 0.29) is 5.41 Å². The van der Waals surface area contributed by atoms with Gasteiger partial charge in [-0.2, -0.15) is 0 Å². The molecular weight excluding hydrogens is 230 g/mol. The van der Waals surface area contributed by atoms with E-state index in [2.05, 4.69) is 26.8 Å². The minimum atomic E-state index is -0.0781. The average Bonchev–Trinajstić information content (AvgIpc) is 2.24. The molecule has 0 atom stereocenters. The van der Waals surface area contributed by atoms with Crippen molar-refractivity contribution in [2.45, 2.75) is 33.6 Å². The summed E-state index contributed by atoms with van der Waals surface area (Å²) in [6.45, 7) is 6.91. The SMILES string of the molecule is Cc1cccc(OCCCC(C)(C)C(N)=S)c1. The molecule has 2 N–H and O–H groups in total. The Morgan fingerprint density at radius 1 is 1.41 bits per heavy atom. The third-order valence-electron chi connectivity index (χ3n) is 2.87. The summed E-state index contributed by atoms with van der Waals surface area (Å²) in [5.41, 5.74) is 6.81. The van der Waals surface area contributed by atoms with Crippen LogP contribution in [0.25, 0.3) is 0 Å². The summed E-state index contributed by atoms with van der Waals surface area (Å²) >= 11 is 5.03. The summed E-state index contributed by atoms with van der Waals surface area (Å²) in [6.07, 6.45) is 1.91. The van der Waals surface area contributed by atoms with E-state index in [4.69, 9.17) is 22.7 Å². The van der Waals surface area contributed by atoms with Crippen LogP contribution in [0.15, 0.2) is 24.3 Å². The van der Waals surface area contributed by atoms with Crippen LogP contribution >= 0.6 is 12.2 Å². The molecule has 3 heteroatoms. The van der Waals surface area contributed by atoms with E-state index in [1.165, 1.54) is 5.56 Å². The molecular formula is C14H21NOS. The van der Waals surface area contributed by atoms with Crippen molar-refractivity contribution in [3.05, 3.63) is 29.8 Å². The van der Waals surface area contributed by atoms with Crippen molar-refractivity contribution in [1.82, 2.24) is 0 Å². The summed E-state index contributed by atoms with van der Waals surface area (Å²) < 4.78 is 5.68. The van der Waals surface area contributed by atoms with Gasteiger partial charge in [-0.3, -0.25) is 0 Å². The molecule has 0 aromatic heterocycles. The lowest BCUT2D eigenvalue weighted by molar-refractivity contribution is 0.287. The minimum absolute atomic E-state index is 0.0781. The number of benzene rings is 1. The monoisotopic (exact) mass is 251 g/mol. The van der Waals surface area contributed by atoms with Crippen LogP contribution in [0, 0.1) is 12.3 Å². The molecule has 0 unspecified atom stereocenters. The minimum Gasteiger partial charge on any atom is -0.494 e. The summed E-state index contributed by atoms with van der Waals surface area (Å²) in [5, 5.41) is 0. The molecule has 17 heavy (non-hydrogen) atoms. The zero-order valence-corrected chi connectivity index (χ0v) is 11.6. The fourth-order valence-corrected chi connectivity index (χ4v) is 1.63. The molecule has 1 aromatic rings. The van der Waals surface area contributed by atoms with Crippen molar-refractivity contribution in [2.24, 2.45) is 11.1 Å². The van der Waals surface area contributed by atoms with Gasteiger partial charge in [0.1, 0.15) is 5.75 Å². The second-order valence-electron chi connectivity index (χ2n) is 5.02. The van der Waals surface area contributed by atoms with Gasteiger partial charge in [0.05, 0.1) is 11.6 Å². The Morgan fingerprint density at radius 3 is 2.71 bits per heavy atom. The molecule has 94 valence electrons. The first kappa shape index (κ1) is 14.0. The van der Waals surface area contributed by atoms with Crippen LogP contribution in [-0.2, 0) is 0 Å². The van der Waals surface area contributed by atoms with Crippen molar-refractivity contribution in [3.63, 3.8) is 0 Å². The van der Waals surface area contributed by atoms with Crippen molar-refractivity contribution < 1.29 is 4.74 Å². The summed E-state index contributed by atoms with van der Waals surface area (Å²) in [6, 6.07) is 8.08. The fourth-order valence-electron chi connectivity index (χ4n) is 1.53. The molecule has 0 spiro atoms. The van der Waals surface area contributed by atoms with Crippen LogP contribution in [0.1, 0.15) is 32.3 Å². The molecule has 2 nitrogen and oxygen atoms in total. The number of ether oxygens (including phenoxy) is 1. The number of nitrogens with two attached hydrogens (primary N) is 1. The zero-order chi connectivity index (χ0) is 12.9. The van der Waals surface area contributed by atoms with Crippen LogP contribution in [0.3, 0.4) is 0 Å². The van der Waals surface area contributed by atoms with Crippen LogP contribution < -0.4 is 10.5 Å². The van der Waals surface area contributed by atoms with Gasteiger partial charge in [0.2, 0.25) is 0 Å². The molecule has 1 aromatic carbocycles. The Labute approximate surface area is 109 Å². The summed E-state index contributed by atoms with van der Waals surface area (Å²) in [5.74, 6) is 0.929. The predicted molar refractivity (Wildman–Crippen MR) is 76.5 cm³/mol. The average molecular weight is 251 g/mol. The number of hydrogen-bond donors (Lipinski definition) is 1. The molecule has 0 aliphatic carbocycles. The third-order valence-corrected chi connectivity index (χ3v) is 3.42. The molecule has 0 radical (unpaired) electrons. The number of thiocarbonyl (C=S) groups is 1. The van der Waals surface area contributed by atoms with E-state index in [0.717, 1.165) is 18.6 Å². The maximum atomic E-state index is 5.68. The van der Waals surface area contributed by atoms with E-state index in [1.807, 2.05) is 18.2 Å². The standard InChI is InChI=1S/C14H21NOS/c1-11-6-4-7-12(10-11)16-9-5-8-14(2,3)13(15)17/h4,6-7,10H,5,8-9H2,1-3H3,(H2,15,17). The Kier molecular flexibility index (Phi) is 4.94. The highest BCUT2D eigenvalue weighted by molar-refractivity contribution is 7.80.